The molecule has 0 fully saturated rings. The number of nitrogens with one attached hydrogen (secondary N) is 2. The summed E-state index contributed by atoms with van der Waals surface area (Å²) in [6, 6.07) is 18.0. The molecular formula is C21H25ClN6. The first-order chi connectivity index (χ1) is 13.5. The molecule has 0 aliphatic carbocycles. The zero-order chi connectivity index (χ0) is 19.9. The molecule has 0 amide bonds. The minimum atomic E-state index is 0.0435. The van der Waals surface area contributed by atoms with Crippen molar-refractivity contribution >= 4 is 17.6 Å². The van der Waals surface area contributed by atoms with E-state index in [0.717, 1.165) is 27.8 Å². The van der Waals surface area contributed by atoms with Crippen molar-refractivity contribution in [2.75, 3.05) is 0 Å². The van der Waals surface area contributed by atoms with Gasteiger partial charge in [0.05, 0.1) is 19.1 Å². The topological polar surface area (TPSA) is 67.1 Å². The minimum Gasteiger partial charge on any atom is -0.350 e. The lowest BCUT2D eigenvalue weighted by molar-refractivity contribution is 0.664. The van der Waals surface area contributed by atoms with Crippen molar-refractivity contribution in [2.24, 2.45) is 12.0 Å². The van der Waals surface area contributed by atoms with Crippen molar-refractivity contribution in [3.63, 3.8) is 0 Å². The second kappa shape index (κ2) is 9.37. The van der Waals surface area contributed by atoms with Crippen molar-refractivity contribution in [3.8, 4) is 0 Å². The van der Waals surface area contributed by atoms with Crippen LogP contribution in [-0.2, 0) is 20.1 Å². The molecule has 28 heavy (non-hydrogen) atoms. The third-order valence-corrected chi connectivity index (χ3v) is 4.80. The molecule has 7 heteroatoms. The summed E-state index contributed by atoms with van der Waals surface area (Å²) in [6.07, 6.45) is 0. The first-order valence-corrected chi connectivity index (χ1v) is 9.60. The van der Waals surface area contributed by atoms with Gasteiger partial charge in [-0.1, -0.05) is 54.1 Å². The molecule has 1 aromatic heterocycles. The summed E-state index contributed by atoms with van der Waals surface area (Å²) in [5.74, 6) is 2.43. The highest BCUT2D eigenvalue weighted by atomic mass is 35.5. The van der Waals surface area contributed by atoms with E-state index >= 15 is 0 Å². The molecule has 1 heterocycles. The molecule has 0 saturated carbocycles. The summed E-state index contributed by atoms with van der Waals surface area (Å²) in [7, 11) is 1.95. The summed E-state index contributed by atoms with van der Waals surface area (Å²) in [5.41, 5.74) is 2.24. The maximum atomic E-state index is 6.14. The van der Waals surface area contributed by atoms with Gasteiger partial charge < -0.3 is 15.2 Å². The number of aromatic nitrogens is 3. The second-order valence-electron chi connectivity index (χ2n) is 6.65. The number of guanidine groups is 1. The van der Waals surface area contributed by atoms with Gasteiger partial charge in [0.25, 0.3) is 0 Å². The van der Waals surface area contributed by atoms with Gasteiger partial charge in [0.2, 0.25) is 0 Å². The Morgan fingerprint density at radius 3 is 2.61 bits per heavy atom. The molecule has 2 aromatic carbocycles. The fraction of sp³-hybridized carbons (Fsp3) is 0.286. The predicted molar refractivity (Wildman–Crippen MR) is 113 cm³/mol. The minimum absolute atomic E-state index is 0.0435. The fourth-order valence-electron chi connectivity index (χ4n) is 2.74. The molecule has 3 aromatic rings. The number of halogens is 1. The lowest BCUT2D eigenvalue weighted by Gasteiger charge is -2.19. The molecule has 0 bridgehead atoms. The van der Waals surface area contributed by atoms with Crippen LogP contribution in [0.15, 0.2) is 59.6 Å². The Bertz CT molecular complexity index is 935. The first kappa shape index (κ1) is 19.9. The Kier molecular flexibility index (Phi) is 6.66. The monoisotopic (exact) mass is 396 g/mol. The molecule has 0 saturated heterocycles. The van der Waals surface area contributed by atoms with Crippen molar-refractivity contribution in [1.82, 2.24) is 25.4 Å². The number of aliphatic imine (C=N–C) groups is 1. The summed E-state index contributed by atoms with van der Waals surface area (Å²) in [6.45, 7) is 5.12. The number of aryl methyl sites for hydroxylation is 1. The normalized spacial score (nSPS) is 12.6. The van der Waals surface area contributed by atoms with Gasteiger partial charge in [-0.3, -0.25) is 0 Å². The SMILES string of the molecule is Cc1nnc(CNC(=NCc2ccccc2)NC(C)c2cccc(Cl)c2)n1C. The summed E-state index contributed by atoms with van der Waals surface area (Å²) >= 11 is 6.14. The maximum absolute atomic E-state index is 6.14. The van der Waals surface area contributed by atoms with E-state index in [1.165, 1.54) is 0 Å². The third kappa shape index (κ3) is 5.33. The summed E-state index contributed by atoms with van der Waals surface area (Å²) in [4.78, 5) is 4.74. The molecule has 0 aliphatic heterocycles. The van der Waals surface area contributed by atoms with Crippen LogP contribution in [0.1, 0.15) is 35.7 Å². The van der Waals surface area contributed by atoms with Gasteiger partial charge >= 0.3 is 0 Å². The van der Waals surface area contributed by atoms with Crippen LogP contribution in [0.25, 0.3) is 0 Å². The highest BCUT2D eigenvalue weighted by molar-refractivity contribution is 6.30. The Morgan fingerprint density at radius 2 is 1.93 bits per heavy atom. The van der Waals surface area contributed by atoms with Crippen molar-refractivity contribution in [2.45, 2.75) is 33.0 Å². The average molecular weight is 397 g/mol. The van der Waals surface area contributed by atoms with Crippen LogP contribution >= 0.6 is 11.6 Å². The number of hydrogen-bond acceptors (Lipinski definition) is 3. The highest BCUT2D eigenvalue weighted by Gasteiger charge is 2.11. The van der Waals surface area contributed by atoms with Crippen LogP contribution in [0.2, 0.25) is 5.02 Å². The van der Waals surface area contributed by atoms with E-state index in [9.17, 15) is 0 Å². The Hall–Kier alpha value is -2.86. The average Bonchev–Trinajstić information content (AvgIpc) is 3.02. The summed E-state index contributed by atoms with van der Waals surface area (Å²) in [5, 5.41) is 15.8. The van der Waals surface area contributed by atoms with Gasteiger partial charge in [0.15, 0.2) is 11.8 Å². The zero-order valence-electron chi connectivity index (χ0n) is 16.4. The van der Waals surface area contributed by atoms with Crippen molar-refractivity contribution < 1.29 is 0 Å². The summed E-state index contributed by atoms with van der Waals surface area (Å²) < 4.78 is 1.96. The van der Waals surface area contributed by atoms with Gasteiger partial charge in [-0.05, 0) is 37.1 Å². The first-order valence-electron chi connectivity index (χ1n) is 9.22. The fourth-order valence-corrected chi connectivity index (χ4v) is 2.94. The van der Waals surface area contributed by atoms with Crippen molar-refractivity contribution in [1.29, 1.82) is 0 Å². The molecular weight excluding hydrogens is 372 g/mol. The molecule has 0 aliphatic rings. The van der Waals surface area contributed by atoms with E-state index in [4.69, 9.17) is 16.6 Å². The largest absolute Gasteiger partial charge is 0.350 e. The zero-order valence-corrected chi connectivity index (χ0v) is 17.1. The Balaban J connectivity index is 1.74. The lowest BCUT2D eigenvalue weighted by Crippen LogP contribution is -2.39. The van der Waals surface area contributed by atoms with Crippen LogP contribution in [-0.4, -0.2) is 20.7 Å². The molecule has 3 rings (SSSR count). The van der Waals surface area contributed by atoms with Crippen LogP contribution < -0.4 is 10.6 Å². The molecule has 0 spiro atoms. The van der Waals surface area contributed by atoms with Crippen LogP contribution in [0.5, 0.6) is 0 Å². The van der Waals surface area contributed by atoms with Gasteiger partial charge in [-0.15, -0.1) is 10.2 Å². The van der Waals surface area contributed by atoms with Gasteiger partial charge in [0.1, 0.15) is 5.82 Å². The lowest BCUT2D eigenvalue weighted by atomic mass is 10.1. The van der Waals surface area contributed by atoms with Crippen LogP contribution in [0.4, 0.5) is 0 Å². The number of hydrogen-bond donors (Lipinski definition) is 2. The number of benzene rings is 2. The van der Waals surface area contributed by atoms with E-state index in [1.54, 1.807) is 0 Å². The smallest absolute Gasteiger partial charge is 0.192 e. The molecule has 1 atom stereocenters. The second-order valence-corrected chi connectivity index (χ2v) is 7.08. The number of nitrogens with zero attached hydrogens (tertiary/aromatic N) is 4. The van der Waals surface area contributed by atoms with Crippen LogP contribution in [0.3, 0.4) is 0 Å². The van der Waals surface area contributed by atoms with E-state index in [-0.39, 0.29) is 6.04 Å². The van der Waals surface area contributed by atoms with Crippen molar-refractivity contribution in [3.05, 3.63) is 82.4 Å². The van der Waals surface area contributed by atoms with Gasteiger partial charge in [0, 0.05) is 12.1 Å². The molecule has 6 nitrogen and oxygen atoms in total. The molecule has 146 valence electrons. The Morgan fingerprint density at radius 1 is 1.14 bits per heavy atom. The Labute approximate surface area is 170 Å². The van der Waals surface area contributed by atoms with E-state index < -0.39 is 0 Å². The molecule has 1 unspecified atom stereocenters. The molecule has 0 radical (unpaired) electrons. The van der Waals surface area contributed by atoms with E-state index in [1.807, 2.05) is 61.0 Å². The van der Waals surface area contributed by atoms with E-state index in [0.29, 0.717) is 19.0 Å². The standard InChI is InChI=1S/C21H25ClN6/c1-15(18-10-7-11-19(22)12-18)25-21(23-13-17-8-5-4-6-9-17)24-14-20-27-26-16(2)28(20)3/h4-12,15H,13-14H2,1-3H3,(H2,23,24,25). The number of rotatable bonds is 6. The molecule has 2 N–H and O–H groups in total. The van der Waals surface area contributed by atoms with Crippen LogP contribution in [0, 0.1) is 6.92 Å². The van der Waals surface area contributed by atoms with Gasteiger partial charge in [-0.2, -0.15) is 0 Å². The maximum Gasteiger partial charge on any atom is 0.192 e. The third-order valence-electron chi connectivity index (χ3n) is 4.56. The van der Waals surface area contributed by atoms with E-state index in [2.05, 4.69) is 39.9 Å². The highest BCUT2D eigenvalue weighted by Crippen LogP contribution is 2.17. The van der Waals surface area contributed by atoms with Gasteiger partial charge in [-0.25, -0.2) is 4.99 Å². The predicted octanol–water partition coefficient (Wildman–Crippen LogP) is 3.77. The quantitative estimate of drug-likeness (QED) is 0.491.